The van der Waals surface area contributed by atoms with Crippen LogP contribution in [0.1, 0.15) is 35.2 Å². The monoisotopic (exact) mass is 732 g/mol. The van der Waals surface area contributed by atoms with Crippen molar-refractivity contribution in [2.75, 3.05) is 24.7 Å². The molecule has 0 spiro atoms. The van der Waals surface area contributed by atoms with Gasteiger partial charge in [0, 0.05) is 11.1 Å². The molecule has 2 aliphatic heterocycles. The molecular weight excluding hydrogens is 700 g/mol. The Bertz CT molecular complexity index is 2310. The molecule has 54 heavy (non-hydrogen) atoms. The zero-order chi connectivity index (χ0) is 37.7. The minimum atomic E-state index is -1.39. The lowest BCUT2D eigenvalue weighted by molar-refractivity contribution is -0.0514. The molecule has 0 bridgehead atoms. The van der Waals surface area contributed by atoms with Crippen molar-refractivity contribution >= 4 is 34.0 Å². The summed E-state index contributed by atoms with van der Waals surface area (Å²) in [5.41, 5.74) is 16.2. The minimum absolute atomic E-state index is 0.103. The predicted octanol–water partition coefficient (Wildman–Crippen LogP) is -1.18. The Morgan fingerprint density at radius 2 is 0.944 bits per heavy atom. The molecule has 6 aromatic rings. The van der Waals surface area contributed by atoms with Crippen molar-refractivity contribution < 1.29 is 40.1 Å². The molecule has 274 valence electrons. The van der Waals surface area contributed by atoms with E-state index in [0.29, 0.717) is 11.1 Å². The topological polar surface area (TPSA) is 279 Å². The predicted molar refractivity (Wildman–Crippen MR) is 189 cm³/mol. The van der Waals surface area contributed by atoms with Gasteiger partial charge in [-0.25, -0.2) is 29.9 Å². The second-order valence-corrected chi connectivity index (χ2v) is 12.6. The molecule has 0 unspecified atom stereocenters. The Morgan fingerprint density at radius 3 is 1.30 bits per heavy atom. The highest BCUT2D eigenvalue weighted by molar-refractivity contribution is 5.83. The molecule has 0 saturated carbocycles. The molecule has 18 nitrogen and oxygen atoms in total. The third kappa shape index (κ3) is 6.04. The summed E-state index contributed by atoms with van der Waals surface area (Å²) in [5, 5.41) is 61.4. The van der Waals surface area contributed by atoms with Crippen LogP contribution in [0.15, 0.2) is 61.2 Å². The number of aliphatic hydroxyl groups excluding tert-OH is 6. The summed E-state index contributed by atoms with van der Waals surface area (Å²) >= 11 is 0. The number of nitrogens with zero attached hydrogens (tertiary/aromatic N) is 8. The van der Waals surface area contributed by atoms with Gasteiger partial charge < -0.3 is 51.6 Å². The van der Waals surface area contributed by atoms with Crippen molar-refractivity contribution in [2.24, 2.45) is 0 Å². The summed E-state index contributed by atoms with van der Waals surface area (Å²) in [6.45, 7) is -1.00. The number of nitrogens with two attached hydrogens (primary N) is 2. The molecule has 6 heterocycles. The zero-order valence-corrected chi connectivity index (χ0v) is 28.0. The maximum atomic E-state index is 10.7. The molecule has 2 fully saturated rings. The van der Waals surface area contributed by atoms with Crippen molar-refractivity contribution in [1.82, 2.24) is 39.0 Å². The second kappa shape index (κ2) is 14.1. The lowest BCUT2D eigenvalue weighted by Gasteiger charge is -2.17. The first kappa shape index (κ1) is 35.0. The average Bonchev–Trinajstić information content (AvgIpc) is 3.91. The Morgan fingerprint density at radius 1 is 0.556 bits per heavy atom. The van der Waals surface area contributed by atoms with Gasteiger partial charge in [-0.3, -0.25) is 9.13 Å². The average molecular weight is 733 g/mol. The molecule has 10 N–H and O–H groups in total. The number of aromatic nitrogens is 8. The maximum absolute atomic E-state index is 10.7. The van der Waals surface area contributed by atoms with Crippen molar-refractivity contribution in [3.05, 3.63) is 84.0 Å². The molecule has 8 atom stereocenters. The zero-order valence-electron chi connectivity index (χ0n) is 28.0. The number of anilines is 2. The normalized spacial score (nSPS) is 25.1. The van der Waals surface area contributed by atoms with Gasteiger partial charge in [-0.15, -0.1) is 0 Å². The number of rotatable bonds is 5. The van der Waals surface area contributed by atoms with Crippen LogP contribution < -0.4 is 11.5 Å². The van der Waals surface area contributed by atoms with E-state index in [9.17, 15) is 30.6 Å². The molecule has 18 heteroatoms. The summed E-state index contributed by atoms with van der Waals surface area (Å²) in [5.74, 6) is 12.6. The lowest BCUT2D eigenvalue weighted by Crippen LogP contribution is -2.33. The van der Waals surface area contributed by atoms with Gasteiger partial charge in [-0.2, -0.15) is 0 Å². The van der Waals surface area contributed by atoms with Gasteiger partial charge in [0.1, 0.15) is 49.3 Å². The fourth-order valence-corrected chi connectivity index (χ4v) is 6.45. The Kier molecular flexibility index (Phi) is 9.11. The summed E-state index contributed by atoms with van der Waals surface area (Å²) < 4.78 is 14.4. The van der Waals surface area contributed by atoms with Crippen LogP contribution in [-0.4, -0.2) is 120 Å². The molecule has 0 amide bonds. The van der Waals surface area contributed by atoms with Crippen LogP contribution in [0.25, 0.3) is 33.5 Å². The SMILES string of the molecule is Nc1ncnc2c1nc(C#Cc1ccc(-c3ccc(C#Cc4nc5c(N)ncnc5n4[C@@H]4O[C@H](CO)[C@@H](O)[C@H]4O)cc3)cc1)n2[C@@H]1O[C@H](CO)[C@@H](O)[C@H]1O. The number of fused-ring (bicyclic) bond motifs is 2. The van der Waals surface area contributed by atoms with Gasteiger partial charge >= 0.3 is 0 Å². The number of nitrogen functional groups attached to an aromatic ring is 2. The summed E-state index contributed by atoms with van der Waals surface area (Å²) in [4.78, 5) is 25.4. The highest BCUT2D eigenvalue weighted by atomic mass is 16.6. The number of ether oxygens (including phenoxy) is 2. The van der Waals surface area contributed by atoms with Crippen LogP contribution in [0.2, 0.25) is 0 Å². The maximum Gasteiger partial charge on any atom is 0.190 e. The van der Waals surface area contributed by atoms with Crippen LogP contribution in [0.5, 0.6) is 0 Å². The molecule has 2 aliphatic rings. The number of aliphatic hydroxyl groups is 6. The lowest BCUT2D eigenvalue weighted by atomic mass is 10.0. The highest BCUT2D eigenvalue weighted by Crippen LogP contribution is 2.35. The van der Waals surface area contributed by atoms with Crippen LogP contribution in [-0.2, 0) is 9.47 Å². The largest absolute Gasteiger partial charge is 0.394 e. The summed E-state index contributed by atoms with van der Waals surface area (Å²) in [6.07, 6.45) is -7.25. The van der Waals surface area contributed by atoms with Crippen molar-refractivity contribution in [2.45, 2.75) is 49.1 Å². The van der Waals surface area contributed by atoms with Gasteiger partial charge in [-0.05, 0) is 47.2 Å². The molecule has 2 aromatic carbocycles. The van der Waals surface area contributed by atoms with E-state index in [1.54, 1.807) is 0 Å². The minimum Gasteiger partial charge on any atom is -0.394 e. The molecule has 8 rings (SSSR count). The van der Waals surface area contributed by atoms with Gasteiger partial charge in [0.2, 0.25) is 0 Å². The first-order chi connectivity index (χ1) is 26.2. The quantitative estimate of drug-likeness (QED) is 0.0969. The Balaban J connectivity index is 1.04. The third-order valence-electron chi connectivity index (χ3n) is 9.29. The van der Waals surface area contributed by atoms with E-state index in [1.165, 1.54) is 21.8 Å². The van der Waals surface area contributed by atoms with Crippen LogP contribution in [0.4, 0.5) is 11.6 Å². The standard InChI is InChI=1S/C36H32N10O8/c37-31-25-33(41-15-39-31)45(35-29(51)27(49)21(13-47)53-35)23(43-25)11-5-17-1-7-19(8-2-17)20-9-3-18(4-10-20)6-12-24-44-26-32(38)40-16-42-34(26)46(24)36-30(52)28(50)22(14-48)54-36/h1-4,7-10,15-16,21-22,27-30,35-36,47-52H,13-14H2,(H2,37,39,41)(H2,38,40,42)/t21-,22-,27-,28-,29-,30-,35-,36-/m1/s1. The fourth-order valence-electron chi connectivity index (χ4n) is 6.45. The van der Waals surface area contributed by atoms with Gasteiger partial charge in [0.15, 0.2) is 58.1 Å². The van der Waals surface area contributed by atoms with E-state index in [-0.39, 0.29) is 45.6 Å². The Labute approximate surface area is 305 Å². The second-order valence-electron chi connectivity index (χ2n) is 12.6. The van der Waals surface area contributed by atoms with E-state index in [1.807, 2.05) is 48.5 Å². The first-order valence-corrected chi connectivity index (χ1v) is 16.6. The van der Waals surface area contributed by atoms with Gasteiger partial charge in [-0.1, -0.05) is 36.1 Å². The molecular formula is C36H32N10O8. The fraction of sp³-hybridized carbons (Fsp3) is 0.278. The number of imidazole rings is 2. The van der Waals surface area contributed by atoms with Crippen molar-refractivity contribution in [3.63, 3.8) is 0 Å². The van der Waals surface area contributed by atoms with Crippen LogP contribution >= 0.6 is 0 Å². The molecule has 4 aromatic heterocycles. The van der Waals surface area contributed by atoms with Crippen LogP contribution in [0.3, 0.4) is 0 Å². The first-order valence-electron chi connectivity index (χ1n) is 16.6. The third-order valence-corrected chi connectivity index (χ3v) is 9.29. The highest BCUT2D eigenvalue weighted by Gasteiger charge is 2.46. The van der Waals surface area contributed by atoms with Crippen molar-refractivity contribution in [1.29, 1.82) is 0 Å². The summed E-state index contributed by atoms with van der Waals surface area (Å²) in [7, 11) is 0. The molecule has 0 radical (unpaired) electrons. The Hall–Kier alpha value is -6.06. The van der Waals surface area contributed by atoms with E-state index < -0.39 is 62.3 Å². The van der Waals surface area contributed by atoms with E-state index in [4.69, 9.17) is 20.9 Å². The number of hydrogen-bond donors (Lipinski definition) is 8. The van der Waals surface area contributed by atoms with Crippen molar-refractivity contribution in [3.8, 4) is 34.8 Å². The molecule has 2 saturated heterocycles. The molecule has 0 aliphatic carbocycles. The van der Waals surface area contributed by atoms with Gasteiger partial charge in [0.05, 0.1) is 13.2 Å². The van der Waals surface area contributed by atoms with Crippen LogP contribution in [0, 0.1) is 23.7 Å². The summed E-state index contributed by atoms with van der Waals surface area (Å²) in [6, 6.07) is 14.9. The van der Waals surface area contributed by atoms with Gasteiger partial charge in [0.25, 0.3) is 0 Å². The smallest absolute Gasteiger partial charge is 0.190 e. The van der Waals surface area contributed by atoms with E-state index >= 15 is 0 Å². The van der Waals surface area contributed by atoms with E-state index in [0.717, 1.165) is 11.1 Å². The van der Waals surface area contributed by atoms with E-state index in [2.05, 4.69) is 53.6 Å². The number of hydrogen-bond acceptors (Lipinski definition) is 16. The number of benzene rings is 2.